The van der Waals surface area contributed by atoms with Gasteiger partial charge in [-0.3, -0.25) is 10.00 Å². The summed E-state index contributed by atoms with van der Waals surface area (Å²) in [6.45, 7) is 5.66. The zero-order valence-corrected chi connectivity index (χ0v) is 15.9. The average Bonchev–Trinajstić information content (AvgIpc) is 3.48. The third kappa shape index (κ3) is 4.50. The van der Waals surface area contributed by atoms with Crippen LogP contribution in [-0.4, -0.2) is 57.8 Å². The topological polar surface area (TPSA) is 94.4 Å². The van der Waals surface area contributed by atoms with Gasteiger partial charge in [0.2, 0.25) is 5.82 Å². The number of nitrogens with one attached hydrogen (secondary N) is 3. The number of rotatable bonds is 6. The highest BCUT2D eigenvalue weighted by Gasteiger charge is 2.30. The molecule has 2 fully saturated rings. The van der Waals surface area contributed by atoms with Gasteiger partial charge in [0.25, 0.3) is 0 Å². The van der Waals surface area contributed by atoms with E-state index in [9.17, 15) is 0 Å². The van der Waals surface area contributed by atoms with E-state index in [0.717, 1.165) is 30.9 Å². The molecule has 1 unspecified atom stereocenters. The van der Waals surface area contributed by atoms with Gasteiger partial charge >= 0.3 is 0 Å². The Hall–Kier alpha value is -2.35. The first-order chi connectivity index (χ1) is 13.3. The summed E-state index contributed by atoms with van der Waals surface area (Å²) in [7, 11) is 0. The summed E-state index contributed by atoms with van der Waals surface area (Å²) in [6, 6.07) is 4.92. The summed E-state index contributed by atoms with van der Waals surface area (Å²) in [5.41, 5.74) is 0. The highest BCUT2D eigenvalue weighted by molar-refractivity contribution is 5.80. The van der Waals surface area contributed by atoms with Crippen LogP contribution in [0.2, 0.25) is 0 Å². The molecular weight excluding hydrogens is 342 g/mol. The Labute approximate surface area is 159 Å². The predicted octanol–water partition coefficient (Wildman–Crippen LogP) is 2.14. The summed E-state index contributed by atoms with van der Waals surface area (Å²) >= 11 is 0. The van der Waals surface area contributed by atoms with Gasteiger partial charge in [-0.05, 0) is 38.3 Å². The zero-order chi connectivity index (χ0) is 18.5. The average molecular weight is 371 g/mol. The molecule has 8 nitrogen and oxygen atoms in total. The van der Waals surface area contributed by atoms with E-state index in [1.54, 1.807) is 6.26 Å². The lowest BCUT2D eigenvalue weighted by Gasteiger charge is -2.24. The molecule has 0 radical (unpaired) electrons. The van der Waals surface area contributed by atoms with Gasteiger partial charge in [-0.15, -0.1) is 5.10 Å². The van der Waals surface area contributed by atoms with Crippen molar-refractivity contribution in [3.63, 3.8) is 0 Å². The summed E-state index contributed by atoms with van der Waals surface area (Å²) in [5.74, 6) is 2.78. The number of hydrogen-bond donors (Lipinski definition) is 3. The molecule has 3 heterocycles. The zero-order valence-electron chi connectivity index (χ0n) is 15.9. The van der Waals surface area contributed by atoms with Gasteiger partial charge in [-0.25, -0.2) is 9.98 Å². The van der Waals surface area contributed by atoms with Gasteiger partial charge in [-0.1, -0.05) is 12.8 Å². The fraction of sp³-hybridized carbons (Fsp3) is 0.632. The van der Waals surface area contributed by atoms with Crippen LogP contribution in [0.25, 0.3) is 11.6 Å². The fourth-order valence-electron chi connectivity index (χ4n) is 4.06. The molecule has 0 aromatic carbocycles. The number of aliphatic imine (C=N–C) groups is 1. The summed E-state index contributed by atoms with van der Waals surface area (Å²) in [6.07, 6.45) is 8.30. The van der Waals surface area contributed by atoms with Crippen molar-refractivity contribution in [2.75, 3.05) is 19.6 Å². The second-order valence-corrected chi connectivity index (χ2v) is 7.34. The van der Waals surface area contributed by atoms with Crippen LogP contribution in [0.1, 0.15) is 44.9 Å². The van der Waals surface area contributed by atoms with Crippen molar-refractivity contribution in [3.05, 3.63) is 24.2 Å². The highest BCUT2D eigenvalue weighted by Crippen LogP contribution is 2.26. The number of aromatic nitrogens is 3. The maximum absolute atomic E-state index is 5.33. The number of hydrogen-bond acceptors (Lipinski definition) is 5. The van der Waals surface area contributed by atoms with Gasteiger partial charge in [0, 0.05) is 31.7 Å². The van der Waals surface area contributed by atoms with Crippen LogP contribution in [0, 0.1) is 0 Å². The van der Waals surface area contributed by atoms with E-state index in [1.807, 2.05) is 12.1 Å². The first-order valence-corrected chi connectivity index (χ1v) is 10.1. The lowest BCUT2D eigenvalue weighted by Crippen LogP contribution is -2.45. The second kappa shape index (κ2) is 8.56. The van der Waals surface area contributed by atoms with E-state index >= 15 is 0 Å². The maximum atomic E-state index is 5.33. The monoisotopic (exact) mass is 371 g/mol. The molecule has 27 heavy (non-hydrogen) atoms. The van der Waals surface area contributed by atoms with E-state index < -0.39 is 0 Å². The van der Waals surface area contributed by atoms with Crippen molar-refractivity contribution < 1.29 is 4.42 Å². The third-order valence-corrected chi connectivity index (χ3v) is 5.41. The van der Waals surface area contributed by atoms with E-state index in [0.29, 0.717) is 24.2 Å². The third-order valence-electron chi connectivity index (χ3n) is 5.41. The lowest BCUT2D eigenvalue weighted by molar-refractivity contribution is 0.242. The van der Waals surface area contributed by atoms with Crippen LogP contribution in [0.5, 0.6) is 0 Å². The summed E-state index contributed by atoms with van der Waals surface area (Å²) in [4.78, 5) is 11.8. The van der Waals surface area contributed by atoms with E-state index in [4.69, 9.17) is 4.42 Å². The molecule has 1 saturated carbocycles. The Morgan fingerprint density at radius 1 is 1.37 bits per heavy atom. The highest BCUT2D eigenvalue weighted by atomic mass is 16.3. The van der Waals surface area contributed by atoms with Crippen LogP contribution in [0.4, 0.5) is 0 Å². The Balaban J connectivity index is 1.33. The molecule has 0 bridgehead atoms. The lowest BCUT2D eigenvalue weighted by atomic mass is 10.2. The van der Waals surface area contributed by atoms with Crippen molar-refractivity contribution in [3.8, 4) is 11.6 Å². The molecular formula is C19H29N7O. The summed E-state index contributed by atoms with van der Waals surface area (Å²) < 4.78 is 5.33. The fourth-order valence-corrected chi connectivity index (χ4v) is 4.06. The van der Waals surface area contributed by atoms with Crippen molar-refractivity contribution in [2.24, 2.45) is 4.99 Å². The van der Waals surface area contributed by atoms with Crippen molar-refractivity contribution in [1.29, 1.82) is 0 Å². The minimum absolute atomic E-state index is 0.447. The summed E-state index contributed by atoms with van der Waals surface area (Å²) in [5, 5.41) is 14.1. The van der Waals surface area contributed by atoms with Crippen molar-refractivity contribution in [1.82, 2.24) is 30.7 Å². The van der Waals surface area contributed by atoms with Gasteiger partial charge < -0.3 is 15.1 Å². The van der Waals surface area contributed by atoms with Crippen LogP contribution < -0.4 is 10.6 Å². The minimum atomic E-state index is 0.447. The molecule has 0 spiro atoms. The van der Waals surface area contributed by atoms with Crippen molar-refractivity contribution in [2.45, 2.75) is 57.7 Å². The van der Waals surface area contributed by atoms with E-state index in [1.165, 1.54) is 38.6 Å². The SMILES string of the molecule is CCNC(=NCc1nc(-c2ccco2)n[nH]1)NC1CCN(C2CCCC2)C1. The number of nitrogens with zero attached hydrogens (tertiary/aromatic N) is 4. The molecule has 0 amide bonds. The number of furan rings is 1. The molecule has 2 aromatic rings. The van der Waals surface area contributed by atoms with Crippen LogP contribution >= 0.6 is 0 Å². The Morgan fingerprint density at radius 3 is 3.04 bits per heavy atom. The number of aromatic amines is 1. The Kier molecular flexibility index (Phi) is 5.72. The number of guanidine groups is 1. The predicted molar refractivity (Wildman–Crippen MR) is 104 cm³/mol. The second-order valence-electron chi connectivity index (χ2n) is 7.34. The minimum Gasteiger partial charge on any atom is -0.461 e. The normalized spacial score (nSPS) is 21.8. The molecule has 3 N–H and O–H groups in total. The number of likely N-dealkylation sites (tertiary alicyclic amines) is 1. The first kappa shape index (κ1) is 18.0. The molecule has 2 aliphatic rings. The van der Waals surface area contributed by atoms with Crippen LogP contribution in [-0.2, 0) is 6.54 Å². The van der Waals surface area contributed by atoms with Gasteiger partial charge in [0.1, 0.15) is 12.4 Å². The first-order valence-electron chi connectivity index (χ1n) is 10.1. The smallest absolute Gasteiger partial charge is 0.216 e. The molecule has 1 saturated heterocycles. The van der Waals surface area contributed by atoms with Crippen LogP contribution in [0.15, 0.2) is 27.8 Å². The van der Waals surface area contributed by atoms with E-state index in [2.05, 4.69) is 42.6 Å². The van der Waals surface area contributed by atoms with Gasteiger partial charge in [0.05, 0.1) is 6.26 Å². The maximum Gasteiger partial charge on any atom is 0.216 e. The Bertz CT molecular complexity index is 733. The molecule has 8 heteroatoms. The molecule has 146 valence electrons. The molecule has 2 aromatic heterocycles. The van der Waals surface area contributed by atoms with E-state index in [-0.39, 0.29) is 0 Å². The molecule has 4 rings (SSSR count). The standard InChI is InChI=1S/C19H29N7O/c1-2-20-19(22-14-9-10-26(13-14)15-6-3-4-7-15)21-12-17-23-18(25-24-17)16-8-5-11-27-16/h5,8,11,14-15H,2-4,6-7,9-10,12-13H2,1H3,(H2,20,21,22)(H,23,24,25). The molecule has 1 aliphatic carbocycles. The van der Waals surface area contributed by atoms with Crippen molar-refractivity contribution >= 4 is 5.96 Å². The Morgan fingerprint density at radius 2 is 2.26 bits per heavy atom. The van der Waals surface area contributed by atoms with Gasteiger partial charge in [0.15, 0.2) is 11.7 Å². The van der Waals surface area contributed by atoms with Crippen LogP contribution in [0.3, 0.4) is 0 Å². The quantitative estimate of drug-likeness (QED) is 0.532. The largest absolute Gasteiger partial charge is 0.461 e. The molecule has 1 atom stereocenters. The van der Waals surface area contributed by atoms with Gasteiger partial charge in [-0.2, -0.15) is 0 Å². The number of H-pyrrole nitrogens is 1. The molecule has 1 aliphatic heterocycles.